The summed E-state index contributed by atoms with van der Waals surface area (Å²) in [7, 11) is 0. The van der Waals surface area contributed by atoms with Gasteiger partial charge in [0.25, 0.3) is 11.7 Å². The minimum absolute atomic E-state index is 0.00868. The first kappa shape index (κ1) is 18.6. The highest BCUT2D eigenvalue weighted by molar-refractivity contribution is 6.51. The summed E-state index contributed by atoms with van der Waals surface area (Å²) in [6.07, 6.45) is 0. The fourth-order valence-corrected chi connectivity index (χ4v) is 3.52. The van der Waals surface area contributed by atoms with Crippen LogP contribution in [-0.2, 0) is 9.59 Å². The first-order valence-corrected chi connectivity index (χ1v) is 9.16. The Morgan fingerprint density at radius 3 is 2.14 bits per heavy atom. The molecule has 1 unspecified atom stereocenters. The normalized spacial score (nSPS) is 18.3. The van der Waals surface area contributed by atoms with Crippen LogP contribution in [0.25, 0.3) is 5.76 Å². The van der Waals surface area contributed by atoms with Crippen LogP contribution < -0.4 is 4.90 Å². The Hall–Kier alpha value is -3.73. The zero-order valence-electron chi connectivity index (χ0n) is 15.7. The molecule has 5 heteroatoms. The lowest BCUT2D eigenvalue weighted by atomic mass is 9.95. The highest BCUT2D eigenvalue weighted by Crippen LogP contribution is 2.42. The van der Waals surface area contributed by atoms with Gasteiger partial charge in [-0.25, -0.2) is 4.39 Å². The summed E-state index contributed by atoms with van der Waals surface area (Å²) in [6.45, 7) is 1.92. The molecule has 1 atom stereocenters. The first-order chi connectivity index (χ1) is 14.0. The lowest BCUT2D eigenvalue weighted by Crippen LogP contribution is -2.29. The van der Waals surface area contributed by atoms with Gasteiger partial charge >= 0.3 is 0 Å². The molecule has 144 valence electrons. The van der Waals surface area contributed by atoms with Crippen molar-refractivity contribution in [2.75, 3.05) is 4.90 Å². The third-order valence-corrected chi connectivity index (χ3v) is 4.99. The molecule has 0 spiro atoms. The number of aryl methyl sites for hydroxylation is 1. The summed E-state index contributed by atoms with van der Waals surface area (Å²) in [5.41, 5.74) is 2.52. The quantitative estimate of drug-likeness (QED) is 0.400. The highest BCUT2D eigenvalue weighted by Gasteiger charge is 2.46. The molecule has 0 radical (unpaired) electrons. The Morgan fingerprint density at radius 1 is 0.897 bits per heavy atom. The van der Waals surface area contributed by atoms with E-state index < -0.39 is 23.5 Å². The van der Waals surface area contributed by atoms with Crippen LogP contribution in [0.4, 0.5) is 10.1 Å². The molecule has 4 rings (SSSR count). The second-order valence-electron chi connectivity index (χ2n) is 6.92. The Kier molecular flexibility index (Phi) is 4.72. The van der Waals surface area contributed by atoms with Gasteiger partial charge in [0.2, 0.25) is 0 Å². The van der Waals surface area contributed by atoms with Crippen molar-refractivity contribution in [2.24, 2.45) is 0 Å². The van der Waals surface area contributed by atoms with Crippen LogP contribution in [0.1, 0.15) is 22.7 Å². The van der Waals surface area contributed by atoms with E-state index in [1.165, 1.54) is 29.2 Å². The predicted octanol–water partition coefficient (Wildman–Crippen LogP) is 4.76. The Labute approximate surface area is 167 Å². The predicted molar refractivity (Wildman–Crippen MR) is 109 cm³/mol. The number of aliphatic hydroxyl groups is 1. The van der Waals surface area contributed by atoms with Crippen LogP contribution in [-0.4, -0.2) is 16.8 Å². The van der Waals surface area contributed by atoms with Gasteiger partial charge in [-0.05, 0) is 36.8 Å². The van der Waals surface area contributed by atoms with E-state index in [4.69, 9.17) is 0 Å². The number of halogens is 1. The first-order valence-electron chi connectivity index (χ1n) is 9.16. The van der Waals surface area contributed by atoms with E-state index in [-0.39, 0.29) is 11.3 Å². The number of aliphatic hydroxyl groups excluding tert-OH is 1. The van der Waals surface area contributed by atoms with E-state index in [0.29, 0.717) is 16.8 Å². The number of carbonyl (C=O) groups excluding carboxylic acids is 2. The number of nitrogens with zero attached hydrogens (tertiary/aromatic N) is 1. The summed E-state index contributed by atoms with van der Waals surface area (Å²) in [6, 6.07) is 20.6. The maximum Gasteiger partial charge on any atom is 0.300 e. The average Bonchev–Trinajstić information content (AvgIpc) is 3.00. The second kappa shape index (κ2) is 7.36. The summed E-state index contributed by atoms with van der Waals surface area (Å²) < 4.78 is 13.4. The number of hydrogen-bond acceptors (Lipinski definition) is 3. The van der Waals surface area contributed by atoms with Gasteiger partial charge in [0.05, 0.1) is 11.6 Å². The maximum absolute atomic E-state index is 13.4. The van der Waals surface area contributed by atoms with Crippen molar-refractivity contribution >= 4 is 23.1 Å². The molecule has 0 aliphatic carbocycles. The monoisotopic (exact) mass is 387 g/mol. The molecule has 0 saturated carbocycles. The van der Waals surface area contributed by atoms with Gasteiger partial charge in [0.15, 0.2) is 0 Å². The highest BCUT2D eigenvalue weighted by atomic mass is 19.1. The number of ketones is 1. The molecule has 1 heterocycles. The molecule has 1 saturated heterocycles. The molecule has 0 bridgehead atoms. The molecule has 29 heavy (non-hydrogen) atoms. The van der Waals surface area contributed by atoms with E-state index in [1.807, 2.05) is 25.1 Å². The maximum atomic E-state index is 13.4. The Bertz CT molecular complexity index is 1100. The fraction of sp³-hybridized carbons (Fsp3) is 0.0833. The number of benzene rings is 3. The molecule has 0 aromatic heterocycles. The number of anilines is 1. The molecule has 1 aliphatic rings. The fourth-order valence-electron chi connectivity index (χ4n) is 3.52. The molecule has 3 aromatic rings. The number of carbonyl (C=O) groups is 2. The van der Waals surface area contributed by atoms with Crippen molar-refractivity contribution in [1.29, 1.82) is 0 Å². The number of Topliss-reactive ketones (excluding diaryl/α,β-unsaturated/α-hetero) is 1. The Morgan fingerprint density at radius 2 is 1.52 bits per heavy atom. The third kappa shape index (κ3) is 3.31. The van der Waals surface area contributed by atoms with E-state index in [1.54, 1.807) is 36.4 Å². The van der Waals surface area contributed by atoms with Gasteiger partial charge in [-0.2, -0.15) is 0 Å². The lowest BCUT2D eigenvalue weighted by molar-refractivity contribution is -0.132. The van der Waals surface area contributed by atoms with Crippen molar-refractivity contribution in [2.45, 2.75) is 13.0 Å². The lowest BCUT2D eigenvalue weighted by Gasteiger charge is -2.25. The topological polar surface area (TPSA) is 57.6 Å². The van der Waals surface area contributed by atoms with E-state index in [0.717, 1.165) is 5.56 Å². The van der Waals surface area contributed by atoms with Crippen molar-refractivity contribution in [1.82, 2.24) is 0 Å². The van der Waals surface area contributed by atoms with E-state index >= 15 is 0 Å². The minimum atomic E-state index is -0.817. The van der Waals surface area contributed by atoms with Crippen LogP contribution in [0.15, 0.2) is 84.4 Å². The summed E-state index contributed by atoms with van der Waals surface area (Å²) in [5, 5.41) is 11.0. The van der Waals surface area contributed by atoms with Gasteiger partial charge in [0, 0.05) is 11.3 Å². The van der Waals surface area contributed by atoms with Gasteiger partial charge in [-0.15, -0.1) is 0 Å². The number of rotatable bonds is 3. The van der Waals surface area contributed by atoms with Gasteiger partial charge in [0.1, 0.15) is 11.6 Å². The molecule has 1 N–H and O–H groups in total. The van der Waals surface area contributed by atoms with Crippen molar-refractivity contribution in [3.05, 3.63) is 107 Å². The molecule has 1 amide bonds. The minimum Gasteiger partial charge on any atom is -0.507 e. The van der Waals surface area contributed by atoms with Gasteiger partial charge < -0.3 is 5.11 Å². The second-order valence-corrected chi connectivity index (χ2v) is 6.92. The number of hydrogen-bond donors (Lipinski definition) is 1. The van der Waals surface area contributed by atoms with Crippen LogP contribution in [0.5, 0.6) is 0 Å². The Balaban J connectivity index is 1.93. The molecule has 4 nitrogen and oxygen atoms in total. The summed E-state index contributed by atoms with van der Waals surface area (Å²) in [5.74, 6) is -2.22. The molecule has 3 aromatic carbocycles. The standard InChI is InChI=1S/C24H18FNO3/c1-15-7-9-17(10-8-15)22(27)20-21(16-5-3-2-4-6-16)26(24(29)23(20)28)19-13-11-18(25)12-14-19/h2-14,21,27H,1H3. The largest absolute Gasteiger partial charge is 0.507 e. The molecule has 1 fully saturated rings. The van der Waals surface area contributed by atoms with Crippen LogP contribution in [0.2, 0.25) is 0 Å². The molecule has 1 aliphatic heterocycles. The zero-order chi connectivity index (χ0) is 20.5. The SMILES string of the molecule is Cc1ccc(C(O)=C2C(=O)C(=O)N(c3ccc(F)cc3)C2c2ccccc2)cc1. The number of amides is 1. The van der Waals surface area contributed by atoms with E-state index in [9.17, 15) is 19.1 Å². The summed E-state index contributed by atoms with van der Waals surface area (Å²) >= 11 is 0. The smallest absolute Gasteiger partial charge is 0.300 e. The van der Waals surface area contributed by atoms with Gasteiger partial charge in [-0.3, -0.25) is 14.5 Å². The van der Waals surface area contributed by atoms with Crippen molar-refractivity contribution < 1.29 is 19.1 Å². The third-order valence-electron chi connectivity index (χ3n) is 4.99. The molecular weight excluding hydrogens is 369 g/mol. The van der Waals surface area contributed by atoms with E-state index in [2.05, 4.69) is 0 Å². The van der Waals surface area contributed by atoms with Crippen molar-refractivity contribution in [3.63, 3.8) is 0 Å². The average molecular weight is 387 g/mol. The van der Waals surface area contributed by atoms with Crippen molar-refractivity contribution in [3.8, 4) is 0 Å². The van der Waals surface area contributed by atoms with Crippen LogP contribution >= 0.6 is 0 Å². The summed E-state index contributed by atoms with van der Waals surface area (Å²) in [4.78, 5) is 27.2. The zero-order valence-corrected chi connectivity index (χ0v) is 15.7. The van der Waals surface area contributed by atoms with Crippen LogP contribution in [0.3, 0.4) is 0 Å². The van der Waals surface area contributed by atoms with Crippen LogP contribution in [0, 0.1) is 12.7 Å². The van der Waals surface area contributed by atoms with Gasteiger partial charge in [-0.1, -0.05) is 60.2 Å². The molecular formula is C24H18FNO3.